The summed E-state index contributed by atoms with van der Waals surface area (Å²) in [6, 6.07) is 6.57. The number of benzene rings is 2. The summed E-state index contributed by atoms with van der Waals surface area (Å²) >= 11 is 0. The number of halogens is 3. The van der Waals surface area contributed by atoms with Crippen molar-refractivity contribution in [2.75, 3.05) is 4.72 Å². The maximum absolute atomic E-state index is 13.4. The van der Waals surface area contributed by atoms with Gasteiger partial charge in [0, 0.05) is 6.07 Å². The molecule has 0 aliphatic carbocycles. The molecule has 2 aromatic carbocycles. The van der Waals surface area contributed by atoms with E-state index in [2.05, 4.69) is 0 Å². The molecular formula is C13H7F3N2O2S. The number of nitrogens with zero attached hydrogens (tertiary/aromatic N) is 1. The number of nitrogens with one attached hydrogen (secondary N) is 1. The van der Waals surface area contributed by atoms with Gasteiger partial charge >= 0.3 is 0 Å². The van der Waals surface area contributed by atoms with Gasteiger partial charge in [0.25, 0.3) is 10.0 Å². The van der Waals surface area contributed by atoms with E-state index < -0.39 is 37.9 Å². The lowest BCUT2D eigenvalue weighted by atomic mass is 10.2. The second-order valence-corrected chi connectivity index (χ2v) is 5.64. The molecule has 4 nitrogen and oxygen atoms in total. The number of anilines is 1. The van der Waals surface area contributed by atoms with Crippen LogP contribution in [0.3, 0.4) is 0 Å². The predicted molar refractivity (Wildman–Crippen MR) is 68.3 cm³/mol. The van der Waals surface area contributed by atoms with E-state index in [1.54, 1.807) is 0 Å². The first kappa shape index (κ1) is 14.9. The van der Waals surface area contributed by atoms with Crippen LogP contribution in [-0.2, 0) is 10.0 Å². The van der Waals surface area contributed by atoms with E-state index >= 15 is 0 Å². The van der Waals surface area contributed by atoms with Gasteiger partial charge in [-0.2, -0.15) is 5.26 Å². The molecule has 8 heteroatoms. The Labute approximate surface area is 118 Å². The van der Waals surface area contributed by atoms with Crippen LogP contribution in [0.1, 0.15) is 5.56 Å². The fourth-order valence-electron chi connectivity index (χ4n) is 1.66. The van der Waals surface area contributed by atoms with Gasteiger partial charge in [0.1, 0.15) is 34.0 Å². The van der Waals surface area contributed by atoms with E-state index in [-0.39, 0.29) is 5.69 Å². The van der Waals surface area contributed by atoms with E-state index in [0.29, 0.717) is 6.07 Å². The Bertz CT molecular complexity index is 825. The van der Waals surface area contributed by atoms with Gasteiger partial charge in [0.2, 0.25) is 0 Å². The van der Waals surface area contributed by atoms with Crippen LogP contribution >= 0.6 is 0 Å². The summed E-state index contributed by atoms with van der Waals surface area (Å²) in [6.45, 7) is 0. The number of rotatable bonds is 3. The Morgan fingerprint density at radius 3 is 2.24 bits per heavy atom. The zero-order valence-electron chi connectivity index (χ0n) is 10.3. The van der Waals surface area contributed by atoms with Crippen LogP contribution in [0.15, 0.2) is 41.3 Å². The van der Waals surface area contributed by atoms with Gasteiger partial charge in [-0.1, -0.05) is 6.07 Å². The standard InChI is InChI=1S/C13H7F3N2O2S/c14-8-4-9(15)6-10(5-8)18-21(19,20)13-3-1-2-12(16)11(13)7-17/h1-6,18H. The van der Waals surface area contributed by atoms with Gasteiger partial charge in [0.15, 0.2) is 0 Å². The second kappa shape index (κ2) is 5.46. The fourth-order valence-corrected chi connectivity index (χ4v) is 2.87. The van der Waals surface area contributed by atoms with Crippen molar-refractivity contribution in [3.8, 4) is 6.07 Å². The van der Waals surface area contributed by atoms with E-state index in [4.69, 9.17) is 5.26 Å². The molecule has 0 aromatic heterocycles. The molecule has 0 unspecified atom stereocenters. The maximum Gasteiger partial charge on any atom is 0.263 e. The first-order valence-corrected chi connectivity index (χ1v) is 6.99. The molecule has 0 fully saturated rings. The lowest BCUT2D eigenvalue weighted by Crippen LogP contribution is -2.15. The van der Waals surface area contributed by atoms with E-state index in [0.717, 1.165) is 30.3 Å². The van der Waals surface area contributed by atoms with Crippen LogP contribution in [-0.4, -0.2) is 8.42 Å². The van der Waals surface area contributed by atoms with Crippen molar-refractivity contribution in [3.05, 3.63) is 59.4 Å². The summed E-state index contributed by atoms with van der Waals surface area (Å²) < 4.78 is 65.5. The third-order valence-corrected chi connectivity index (χ3v) is 3.92. The van der Waals surface area contributed by atoms with E-state index in [1.165, 1.54) is 6.07 Å². The average molecular weight is 312 g/mol. The van der Waals surface area contributed by atoms with Crippen molar-refractivity contribution < 1.29 is 21.6 Å². The highest BCUT2D eigenvalue weighted by Crippen LogP contribution is 2.22. The van der Waals surface area contributed by atoms with E-state index in [9.17, 15) is 21.6 Å². The van der Waals surface area contributed by atoms with Crippen molar-refractivity contribution >= 4 is 15.7 Å². The van der Waals surface area contributed by atoms with Crippen molar-refractivity contribution in [1.29, 1.82) is 5.26 Å². The lowest BCUT2D eigenvalue weighted by Gasteiger charge is -2.10. The van der Waals surface area contributed by atoms with Gasteiger partial charge in [-0.3, -0.25) is 4.72 Å². The minimum Gasteiger partial charge on any atom is -0.279 e. The Kier molecular flexibility index (Phi) is 3.86. The summed E-state index contributed by atoms with van der Waals surface area (Å²) in [5.41, 5.74) is -1.05. The summed E-state index contributed by atoms with van der Waals surface area (Å²) in [6.07, 6.45) is 0. The molecule has 108 valence electrons. The summed E-state index contributed by atoms with van der Waals surface area (Å²) in [4.78, 5) is -0.616. The SMILES string of the molecule is N#Cc1c(F)cccc1S(=O)(=O)Nc1cc(F)cc(F)c1. The molecule has 21 heavy (non-hydrogen) atoms. The maximum atomic E-state index is 13.4. The van der Waals surface area contributed by atoms with Crippen LogP contribution in [0.4, 0.5) is 18.9 Å². The Balaban J connectivity index is 2.49. The van der Waals surface area contributed by atoms with Gasteiger partial charge in [-0.25, -0.2) is 21.6 Å². The molecule has 2 rings (SSSR count). The first-order chi connectivity index (χ1) is 9.83. The lowest BCUT2D eigenvalue weighted by molar-refractivity contribution is 0.583. The zero-order chi connectivity index (χ0) is 15.6. The fraction of sp³-hybridized carbons (Fsp3) is 0. The number of sulfonamides is 1. The topological polar surface area (TPSA) is 70.0 Å². The van der Waals surface area contributed by atoms with Crippen LogP contribution in [0, 0.1) is 28.8 Å². The summed E-state index contributed by atoms with van der Waals surface area (Å²) in [5, 5.41) is 8.81. The number of hydrogen-bond acceptors (Lipinski definition) is 3. The van der Waals surface area contributed by atoms with Crippen molar-refractivity contribution in [3.63, 3.8) is 0 Å². The van der Waals surface area contributed by atoms with Gasteiger partial charge in [-0.15, -0.1) is 0 Å². The van der Waals surface area contributed by atoms with E-state index in [1.807, 2.05) is 4.72 Å². The van der Waals surface area contributed by atoms with Crippen LogP contribution < -0.4 is 4.72 Å². The molecule has 0 radical (unpaired) electrons. The molecule has 0 aliphatic heterocycles. The zero-order valence-corrected chi connectivity index (χ0v) is 11.1. The molecule has 0 spiro atoms. The molecule has 0 heterocycles. The highest BCUT2D eigenvalue weighted by molar-refractivity contribution is 7.92. The predicted octanol–water partition coefficient (Wildman–Crippen LogP) is 2.78. The minimum absolute atomic E-state index is 0.374. The molecule has 0 saturated carbocycles. The third-order valence-electron chi connectivity index (χ3n) is 2.49. The highest BCUT2D eigenvalue weighted by atomic mass is 32.2. The molecule has 1 N–H and O–H groups in total. The normalized spacial score (nSPS) is 11.0. The van der Waals surface area contributed by atoms with Crippen LogP contribution in [0.25, 0.3) is 0 Å². The number of hydrogen-bond donors (Lipinski definition) is 1. The Morgan fingerprint density at radius 1 is 1.05 bits per heavy atom. The smallest absolute Gasteiger partial charge is 0.263 e. The van der Waals surface area contributed by atoms with Gasteiger partial charge in [-0.05, 0) is 24.3 Å². The van der Waals surface area contributed by atoms with Gasteiger partial charge in [0.05, 0.1) is 5.69 Å². The van der Waals surface area contributed by atoms with Crippen LogP contribution in [0.5, 0.6) is 0 Å². The average Bonchev–Trinajstić information content (AvgIpc) is 2.36. The molecule has 2 aromatic rings. The third kappa shape index (κ3) is 3.14. The molecule has 0 atom stereocenters. The summed E-state index contributed by atoms with van der Waals surface area (Å²) in [7, 11) is -4.36. The van der Waals surface area contributed by atoms with Crippen molar-refractivity contribution in [2.45, 2.75) is 4.90 Å². The number of nitriles is 1. The molecule has 0 aliphatic rings. The second-order valence-electron chi connectivity index (χ2n) is 3.99. The highest BCUT2D eigenvalue weighted by Gasteiger charge is 2.21. The largest absolute Gasteiger partial charge is 0.279 e. The van der Waals surface area contributed by atoms with Crippen LogP contribution in [0.2, 0.25) is 0 Å². The Hall–Kier alpha value is -2.53. The van der Waals surface area contributed by atoms with Gasteiger partial charge < -0.3 is 0 Å². The van der Waals surface area contributed by atoms with Crippen molar-refractivity contribution in [2.24, 2.45) is 0 Å². The molecule has 0 saturated heterocycles. The summed E-state index contributed by atoms with van der Waals surface area (Å²) in [5.74, 6) is -2.97. The van der Waals surface area contributed by atoms with Crippen molar-refractivity contribution in [1.82, 2.24) is 0 Å². The minimum atomic E-state index is -4.36. The molecule has 0 amide bonds. The monoisotopic (exact) mass is 312 g/mol. The molecule has 0 bridgehead atoms. The quantitative estimate of drug-likeness (QED) is 0.947. The molecular weight excluding hydrogens is 305 g/mol. The first-order valence-electron chi connectivity index (χ1n) is 5.51. The Morgan fingerprint density at radius 2 is 1.67 bits per heavy atom.